The fourth-order valence-corrected chi connectivity index (χ4v) is 2.60. The summed E-state index contributed by atoms with van der Waals surface area (Å²) in [6.07, 6.45) is 5.77. The molecule has 2 heterocycles. The first-order chi connectivity index (χ1) is 11.7. The lowest BCUT2D eigenvalue weighted by molar-refractivity contribution is 0.630. The molecule has 118 valence electrons. The Balaban J connectivity index is 1.62. The maximum atomic E-state index is 14.0. The first kappa shape index (κ1) is 14.9. The van der Waals surface area contributed by atoms with Gasteiger partial charge < -0.3 is 4.98 Å². The maximum absolute atomic E-state index is 14.0. The Bertz CT molecular complexity index is 926. The van der Waals surface area contributed by atoms with Crippen molar-refractivity contribution in [2.24, 2.45) is 5.92 Å². The van der Waals surface area contributed by atoms with E-state index < -0.39 is 5.82 Å². The number of hydrogen-bond acceptors (Lipinski definition) is 2. The van der Waals surface area contributed by atoms with Crippen LogP contribution in [0, 0.1) is 23.6 Å². The van der Waals surface area contributed by atoms with E-state index in [2.05, 4.69) is 26.8 Å². The fourth-order valence-electron chi connectivity index (χ4n) is 2.35. The number of rotatable bonds is 2. The van der Waals surface area contributed by atoms with Crippen LogP contribution >= 0.6 is 11.6 Å². The van der Waals surface area contributed by atoms with Gasteiger partial charge in [0.25, 0.3) is 0 Å². The lowest BCUT2D eigenvalue weighted by Gasteiger charge is -2.02. The Kier molecular flexibility index (Phi) is 3.79. The smallest absolute Gasteiger partial charge is 0.142 e. The molecule has 0 spiro atoms. The number of hydrogen-bond donors (Lipinski definition) is 1. The molecule has 0 saturated heterocycles. The van der Waals surface area contributed by atoms with Crippen LogP contribution in [0.3, 0.4) is 0 Å². The summed E-state index contributed by atoms with van der Waals surface area (Å²) in [7, 11) is 0. The zero-order valence-corrected chi connectivity index (χ0v) is 13.4. The van der Waals surface area contributed by atoms with Crippen LogP contribution in [0.15, 0.2) is 42.7 Å². The van der Waals surface area contributed by atoms with Crippen LogP contribution in [-0.4, -0.2) is 15.0 Å². The van der Waals surface area contributed by atoms with Crippen LogP contribution in [0.1, 0.15) is 18.5 Å². The monoisotopic (exact) mass is 337 g/mol. The van der Waals surface area contributed by atoms with E-state index in [1.165, 1.54) is 18.9 Å². The molecule has 1 aliphatic carbocycles. The average Bonchev–Trinajstić information content (AvgIpc) is 3.30. The first-order valence-corrected chi connectivity index (χ1v) is 8.06. The standard InChI is InChI=1S/C19H13ClFN3/c20-15-2-1-3-16(21)18(15)19-23-11-17(24-19)13-7-9-14(22-10-13)8-6-12-4-5-12/h1-3,7,9-12H,4-5H2,(H,23,24). The molecule has 5 heteroatoms. The van der Waals surface area contributed by atoms with Gasteiger partial charge in [-0.15, -0.1) is 0 Å². The SMILES string of the molecule is Fc1cccc(Cl)c1-c1ncc(-c2ccc(C#CC3CC3)nc2)[nH]1. The zero-order valence-electron chi connectivity index (χ0n) is 12.7. The van der Waals surface area contributed by atoms with Crippen LogP contribution in [-0.2, 0) is 0 Å². The molecule has 0 bridgehead atoms. The molecule has 1 aliphatic rings. The summed E-state index contributed by atoms with van der Waals surface area (Å²) >= 11 is 6.08. The van der Waals surface area contributed by atoms with Crippen molar-refractivity contribution in [2.75, 3.05) is 0 Å². The molecular weight excluding hydrogens is 325 g/mol. The van der Waals surface area contributed by atoms with E-state index in [1.807, 2.05) is 12.1 Å². The van der Waals surface area contributed by atoms with E-state index in [0.29, 0.717) is 16.8 Å². The predicted octanol–water partition coefficient (Wildman–Crippen LogP) is 4.69. The van der Waals surface area contributed by atoms with E-state index >= 15 is 0 Å². The third-order valence-electron chi connectivity index (χ3n) is 3.83. The Morgan fingerprint density at radius 3 is 2.71 bits per heavy atom. The normalized spacial score (nSPS) is 13.4. The summed E-state index contributed by atoms with van der Waals surface area (Å²) in [6.45, 7) is 0. The molecule has 2 aromatic heterocycles. The van der Waals surface area contributed by atoms with Crippen molar-refractivity contribution >= 4 is 11.6 Å². The van der Waals surface area contributed by atoms with Gasteiger partial charge in [-0.2, -0.15) is 0 Å². The van der Waals surface area contributed by atoms with Gasteiger partial charge in [-0.25, -0.2) is 14.4 Å². The number of aromatic amines is 1. The fraction of sp³-hybridized carbons (Fsp3) is 0.158. The maximum Gasteiger partial charge on any atom is 0.142 e. The minimum Gasteiger partial charge on any atom is -0.338 e. The quantitative estimate of drug-likeness (QED) is 0.689. The summed E-state index contributed by atoms with van der Waals surface area (Å²) in [5, 5.41) is 0.319. The molecule has 24 heavy (non-hydrogen) atoms. The van der Waals surface area contributed by atoms with Gasteiger partial charge in [0, 0.05) is 17.7 Å². The second kappa shape index (κ2) is 6.10. The lowest BCUT2D eigenvalue weighted by Crippen LogP contribution is -1.88. The van der Waals surface area contributed by atoms with Crippen LogP contribution in [0.25, 0.3) is 22.6 Å². The van der Waals surface area contributed by atoms with E-state index in [1.54, 1.807) is 24.5 Å². The highest BCUT2D eigenvalue weighted by Crippen LogP contribution is 2.30. The second-order valence-electron chi connectivity index (χ2n) is 5.72. The van der Waals surface area contributed by atoms with Crippen molar-refractivity contribution in [1.29, 1.82) is 0 Å². The second-order valence-corrected chi connectivity index (χ2v) is 6.13. The van der Waals surface area contributed by atoms with Crippen molar-refractivity contribution in [3.63, 3.8) is 0 Å². The van der Waals surface area contributed by atoms with E-state index in [-0.39, 0.29) is 5.56 Å². The summed E-state index contributed by atoms with van der Waals surface area (Å²) in [6, 6.07) is 8.36. The van der Waals surface area contributed by atoms with E-state index in [0.717, 1.165) is 17.0 Å². The Labute approximate surface area is 143 Å². The Morgan fingerprint density at radius 1 is 1.12 bits per heavy atom. The van der Waals surface area contributed by atoms with Crippen LogP contribution in [0.2, 0.25) is 5.02 Å². The Hall–Kier alpha value is -2.64. The summed E-state index contributed by atoms with van der Waals surface area (Å²) in [4.78, 5) is 11.7. The minimum absolute atomic E-state index is 0.269. The molecule has 0 amide bonds. The largest absolute Gasteiger partial charge is 0.338 e. The highest BCUT2D eigenvalue weighted by molar-refractivity contribution is 6.33. The number of benzene rings is 1. The van der Waals surface area contributed by atoms with Gasteiger partial charge in [-0.3, -0.25) is 0 Å². The van der Waals surface area contributed by atoms with E-state index in [9.17, 15) is 4.39 Å². The van der Waals surface area contributed by atoms with Gasteiger partial charge >= 0.3 is 0 Å². The molecule has 0 atom stereocenters. The molecule has 3 nitrogen and oxygen atoms in total. The number of halogens is 2. The zero-order chi connectivity index (χ0) is 16.5. The van der Waals surface area contributed by atoms with Crippen LogP contribution < -0.4 is 0 Å². The summed E-state index contributed by atoms with van der Waals surface area (Å²) in [5.41, 5.74) is 2.63. The molecule has 0 radical (unpaired) electrons. The molecule has 1 aromatic carbocycles. The van der Waals surface area contributed by atoms with Crippen molar-refractivity contribution in [1.82, 2.24) is 15.0 Å². The molecule has 3 aromatic rings. The van der Waals surface area contributed by atoms with Crippen molar-refractivity contribution < 1.29 is 4.39 Å². The Morgan fingerprint density at radius 2 is 2.00 bits per heavy atom. The van der Waals surface area contributed by atoms with Gasteiger partial charge in [0.2, 0.25) is 0 Å². The summed E-state index contributed by atoms with van der Waals surface area (Å²) in [5.74, 6) is 6.79. The van der Waals surface area contributed by atoms with Gasteiger partial charge in [-0.1, -0.05) is 23.6 Å². The van der Waals surface area contributed by atoms with Crippen molar-refractivity contribution in [3.8, 4) is 34.5 Å². The highest BCUT2D eigenvalue weighted by Gasteiger charge is 2.17. The number of nitrogens with zero attached hydrogens (tertiary/aromatic N) is 2. The third kappa shape index (κ3) is 3.04. The molecule has 1 saturated carbocycles. The number of nitrogens with one attached hydrogen (secondary N) is 1. The third-order valence-corrected chi connectivity index (χ3v) is 4.15. The van der Waals surface area contributed by atoms with Gasteiger partial charge in [-0.05, 0) is 43.0 Å². The van der Waals surface area contributed by atoms with E-state index in [4.69, 9.17) is 11.6 Å². The average molecular weight is 338 g/mol. The summed E-state index contributed by atoms with van der Waals surface area (Å²) < 4.78 is 14.0. The molecule has 1 fully saturated rings. The number of H-pyrrole nitrogens is 1. The lowest BCUT2D eigenvalue weighted by atomic mass is 10.2. The predicted molar refractivity (Wildman–Crippen MR) is 91.8 cm³/mol. The van der Waals surface area contributed by atoms with Gasteiger partial charge in [0.1, 0.15) is 17.3 Å². The number of pyridine rings is 1. The topological polar surface area (TPSA) is 41.6 Å². The van der Waals surface area contributed by atoms with Gasteiger partial charge in [0.15, 0.2) is 0 Å². The highest BCUT2D eigenvalue weighted by atomic mass is 35.5. The minimum atomic E-state index is -0.410. The molecule has 1 N–H and O–H groups in total. The molecule has 4 rings (SSSR count). The van der Waals surface area contributed by atoms with Crippen molar-refractivity contribution in [3.05, 3.63) is 59.3 Å². The molecule has 0 unspecified atom stereocenters. The molecule has 0 aliphatic heterocycles. The van der Waals surface area contributed by atoms with Gasteiger partial charge in [0.05, 0.1) is 22.5 Å². The van der Waals surface area contributed by atoms with Crippen LogP contribution in [0.4, 0.5) is 4.39 Å². The molecular formula is C19H13ClFN3. The van der Waals surface area contributed by atoms with Crippen molar-refractivity contribution in [2.45, 2.75) is 12.8 Å². The first-order valence-electron chi connectivity index (χ1n) is 7.68. The van der Waals surface area contributed by atoms with Crippen LogP contribution in [0.5, 0.6) is 0 Å². The number of aromatic nitrogens is 3. The number of imidazole rings is 1.